The van der Waals surface area contributed by atoms with Crippen LogP contribution in [0.1, 0.15) is 32.3 Å². The van der Waals surface area contributed by atoms with Gasteiger partial charge in [0.25, 0.3) is 0 Å². The van der Waals surface area contributed by atoms with Crippen molar-refractivity contribution in [1.82, 2.24) is 5.32 Å². The first-order valence-corrected chi connectivity index (χ1v) is 7.05. The topological polar surface area (TPSA) is 70.6 Å². The largest absolute Gasteiger partial charge is 0.396 e. The van der Waals surface area contributed by atoms with E-state index in [9.17, 15) is 4.79 Å². The van der Waals surface area contributed by atoms with E-state index in [0.29, 0.717) is 19.6 Å². The minimum absolute atomic E-state index is 0.0148. The van der Waals surface area contributed by atoms with E-state index in [1.165, 1.54) is 0 Å². The highest BCUT2D eigenvalue weighted by molar-refractivity contribution is 5.90. The predicted molar refractivity (Wildman–Crippen MR) is 79.7 cm³/mol. The van der Waals surface area contributed by atoms with E-state index in [-0.39, 0.29) is 18.7 Å². The number of aliphatic hydroxyl groups is 1. The van der Waals surface area contributed by atoms with Gasteiger partial charge in [-0.05, 0) is 25.8 Å². The number of rotatable bonds is 8. The first kappa shape index (κ1) is 16.5. The van der Waals surface area contributed by atoms with Crippen LogP contribution in [0.15, 0.2) is 24.3 Å². The van der Waals surface area contributed by atoms with Crippen LogP contribution in [0.4, 0.5) is 10.5 Å². The molecule has 0 saturated heterocycles. The molecule has 2 amide bonds. The Bertz CT molecular complexity index is 410. The van der Waals surface area contributed by atoms with Gasteiger partial charge in [0, 0.05) is 30.5 Å². The van der Waals surface area contributed by atoms with Crippen molar-refractivity contribution in [3.05, 3.63) is 29.8 Å². The summed E-state index contributed by atoms with van der Waals surface area (Å²) in [7, 11) is 0. The second-order valence-electron chi connectivity index (χ2n) is 4.51. The number of hydrogen-bond donors (Lipinski definition) is 3. The minimum Gasteiger partial charge on any atom is -0.396 e. The second-order valence-corrected chi connectivity index (χ2v) is 4.51. The molecular formula is C15H24N2O3. The molecule has 0 bridgehead atoms. The molecule has 0 radical (unpaired) electrons. The average molecular weight is 280 g/mol. The molecule has 3 N–H and O–H groups in total. The lowest BCUT2D eigenvalue weighted by atomic mass is 10.1. The van der Waals surface area contributed by atoms with Crippen LogP contribution in [0, 0.1) is 0 Å². The van der Waals surface area contributed by atoms with Crippen LogP contribution >= 0.6 is 0 Å². The van der Waals surface area contributed by atoms with Gasteiger partial charge in [-0.3, -0.25) is 0 Å². The molecule has 0 aliphatic heterocycles. The van der Waals surface area contributed by atoms with E-state index in [0.717, 1.165) is 17.7 Å². The first-order valence-electron chi connectivity index (χ1n) is 7.05. The molecule has 1 aromatic rings. The minimum atomic E-state index is -0.255. The summed E-state index contributed by atoms with van der Waals surface area (Å²) in [6.45, 7) is 5.09. The van der Waals surface area contributed by atoms with E-state index >= 15 is 0 Å². The Hall–Kier alpha value is -1.59. The van der Waals surface area contributed by atoms with Crippen molar-refractivity contribution in [1.29, 1.82) is 0 Å². The third-order valence-electron chi connectivity index (χ3n) is 3.03. The Labute approximate surface area is 120 Å². The van der Waals surface area contributed by atoms with Gasteiger partial charge in [0.05, 0.1) is 6.61 Å². The summed E-state index contributed by atoms with van der Waals surface area (Å²) in [5.41, 5.74) is 1.69. The van der Waals surface area contributed by atoms with Gasteiger partial charge in [-0.2, -0.15) is 0 Å². The third-order valence-corrected chi connectivity index (χ3v) is 3.03. The molecule has 1 unspecified atom stereocenters. The number of nitrogens with one attached hydrogen (secondary N) is 2. The number of ether oxygens (including phenoxy) is 1. The smallest absolute Gasteiger partial charge is 0.319 e. The van der Waals surface area contributed by atoms with Crippen LogP contribution in [-0.4, -0.2) is 30.4 Å². The molecule has 1 aromatic carbocycles. The van der Waals surface area contributed by atoms with Gasteiger partial charge >= 0.3 is 6.03 Å². The summed E-state index contributed by atoms with van der Waals surface area (Å²) >= 11 is 0. The third kappa shape index (κ3) is 5.59. The van der Waals surface area contributed by atoms with Crippen molar-refractivity contribution in [2.75, 3.05) is 18.5 Å². The van der Waals surface area contributed by atoms with Gasteiger partial charge in [0.2, 0.25) is 0 Å². The zero-order chi connectivity index (χ0) is 14.8. The molecule has 0 spiro atoms. The molecule has 5 heteroatoms. The van der Waals surface area contributed by atoms with Gasteiger partial charge in [0.1, 0.15) is 0 Å². The molecule has 0 heterocycles. The van der Waals surface area contributed by atoms with E-state index in [4.69, 9.17) is 9.84 Å². The molecular weight excluding hydrogens is 256 g/mol. The fourth-order valence-electron chi connectivity index (χ4n) is 1.86. The summed E-state index contributed by atoms with van der Waals surface area (Å²) in [6.07, 6.45) is 1.35. The molecule has 1 atom stereocenters. The quantitative estimate of drug-likeness (QED) is 0.685. The highest BCUT2D eigenvalue weighted by Gasteiger charge is 2.11. The molecule has 0 saturated carbocycles. The number of carbonyl (C=O) groups is 1. The van der Waals surface area contributed by atoms with Crippen molar-refractivity contribution in [2.24, 2.45) is 0 Å². The highest BCUT2D eigenvalue weighted by Crippen LogP contribution is 2.16. The Morgan fingerprint density at radius 2 is 2.10 bits per heavy atom. The molecule has 112 valence electrons. The van der Waals surface area contributed by atoms with Crippen LogP contribution in [-0.2, 0) is 11.3 Å². The van der Waals surface area contributed by atoms with Crippen molar-refractivity contribution >= 4 is 11.7 Å². The number of carbonyl (C=O) groups excluding carboxylic acids is 1. The van der Waals surface area contributed by atoms with Crippen LogP contribution < -0.4 is 10.6 Å². The predicted octanol–water partition coefficient (Wildman–Crippen LogP) is 2.51. The normalized spacial score (nSPS) is 11.9. The summed E-state index contributed by atoms with van der Waals surface area (Å²) < 4.78 is 5.38. The van der Waals surface area contributed by atoms with E-state index in [2.05, 4.69) is 10.6 Å². The van der Waals surface area contributed by atoms with Crippen molar-refractivity contribution in [2.45, 2.75) is 39.3 Å². The van der Waals surface area contributed by atoms with Crippen molar-refractivity contribution < 1.29 is 14.6 Å². The van der Waals surface area contributed by atoms with Gasteiger partial charge in [-0.1, -0.05) is 25.1 Å². The Morgan fingerprint density at radius 3 is 2.75 bits per heavy atom. The number of para-hydroxylation sites is 1. The molecule has 0 aromatic heterocycles. The Morgan fingerprint density at radius 1 is 1.35 bits per heavy atom. The maximum Gasteiger partial charge on any atom is 0.319 e. The highest BCUT2D eigenvalue weighted by atomic mass is 16.5. The average Bonchev–Trinajstić information content (AvgIpc) is 2.45. The van der Waals surface area contributed by atoms with Crippen molar-refractivity contribution in [3.8, 4) is 0 Å². The van der Waals surface area contributed by atoms with Crippen LogP contribution in [0.25, 0.3) is 0 Å². The summed E-state index contributed by atoms with van der Waals surface area (Å²) in [5.74, 6) is 0. The standard InChI is InChI=1S/C15H24N2O3/c1-3-13(9-10-18)16-15(19)17-14-8-6-5-7-12(14)11-20-4-2/h5-8,13,18H,3-4,9-11H2,1-2H3,(H2,16,17,19). The molecule has 5 nitrogen and oxygen atoms in total. The monoisotopic (exact) mass is 280 g/mol. The summed E-state index contributed by atoms with van der Waals surface area (Å²) in [6, 6.07) is 7.29. The van der Waals surface area contributed by atoms with Gasteiger partial charge < -0.3 is 20.5 Å². The maximum atomic E-state index is 11.9. The van der Waals surface area contributed by atoms with Gasteiger partial charge in [-0.15, -0.1) is 0 Å². The lowest BCUT2D eigenvalue weighted by Crippen LogP contribution is -2.38. The molecule has 0 aliphatic carbocycles. The number of benzene rings is 1. The molecule has 0 fully saturated rings. The van der Waals surface area contributed by atoms with Crippen LogP contribution in [0.3, 0.4) is 0 Å². The van der Waals surface area contributed by atoms with Crippen molar-refractivity contribution in [3.63, 3.8) is 0 Å². The summed E-state index contributed by atoms with van der Waals surface area (Å²) in [5, 5.41) is 14.6. The number of urea groups is 1. The van der Waals surface area contributed by atoms with E-state index < -0.39 is 0 Å². The van der Waals surface area contributed by atoms with E-state index in [1.54, 1.807) is 0 Å². The number of amides is 2. The molecule has 1 rings (SSSR count). The zero-order valence-electron chi connectivity index (χ0n) is 12.2. The van der Waals surface area contributed by atoms with Crippen LogP contribution in [0.5, 0.6) is 0 Å². The molecule has 20 heavy (non-hydrogen) atoms. The number of hydrogen-bond acceptors (Lipinski definition) is 3. The fraction of sp³-hybridized carbons (Fsp3) is 0.533. The maximum absolute atomic E-state index is 11.9. The zero-order valence-corrected chi connectivity index (χ0v) is 12.2. The van der Waals surface area contributed by atoms with E-state index in [1.807, 2.05) is 38.1 Å². The summed E-state index contributed by atoms with van der Waals surface area (Å²) in [4.78, 5) is 11.9. The Kier molecular flexibility index (Phi) is 7.69. The Balaban J connectivity index is 2.60. The SMILES string of the molecule is CCOCc1ccccc1NC(=O)NC(CC)CCO. The van der Waals surface area contributed by atoms with Gasteiger partial charge in [-0.25, -0.2) is 4.79 Å². The van der Waals surface area contributed by atoms with Gasteiger partial charge in [0.15, 0.2) is 0 Å². The van der Waals surface area contributed by atoms with Crippen LogP contribution in [0.2, 0.25) is 0 Å². The number of aliphatic hydroxyl groups excluding tert-OH is 1. The molecule has 0 aliphatic rings. The fourth-order valence-corrected chi connectivity index (χ4v) is 1.86. The second kappa shape index (κ2) is 9.34. The lowest BCUT2D eigenvalue weighted by Gasteiger charge is -2.17. The number of anilines is 1. The lowest BCUT2D eigenvalue weighted by molar-refractivity contribution is 0.134. The first-order chi connectivity index (χ1) is 9.71.